The SMILES string of the molecule is COC(=S)NC(c1cc(F)c(N2CCN(CC(C)=O)CC2)c(F)c1)c1c[nH]nn1. The number of piperazine rings is 1. The summed E-state index contributed by atoms with van der Waals surface area (Å²) in [6.07, 6.45) is 1.51. The maximum absolute atomic E-state index is 14.9. The van der Waals surface area contributed by atoms with Crippen molar-refractivity contribution in [3.8, 4) is 0 Å². The molecule has 0 bridgehead atoms. The molecule has 3 rings (SSSR count). The van der Waals surface area contributed by atoms with Gasteiger partial charge in [-0.25, -0.2) is 8.78 Å². The van der Waals surface area contributed by atoms with E-state index in [4.69, 9.17) is 17.0 Å². The topological polar surface area (TPSA) is 86.4 Å². The summed E-state index contributed by atoms with van der Waals surface area (Å²) in [5, 5.41) is 13.0. The quantitative estimate of drug-likeness (QED) is 0.674. The Balaban J connectivity index is 1.83. The molecule has 1 fully saturated rings. The highest BCUT2D eigenvalue weighted by Gasteiger charge is 2.26. The summed E-state index contributed by atoms with van der Waals surface area (Å²) in [6, 6.07) is 1.78. The van der Waals surface area contributed by atoms with E-state index in [2.05, 4.69) is 20.7 Å². The van der Waals surface area contributed by atoms with Gasteiger partial charge in [0.25, 0.3) is 5.17 Å². The molecule has 1 aliphatic heterocycles. The van der Waals surface area contributed by atoms with Gasteiger partial charge in [0.15, 0.2) is 0 Å². The zero-order chi connectivity index (χ0) is 21.0. The number of halogens is 2. The monoisotopic (exact) mass is 424 g/mol. The van der Waals surface area contributed by atoms with E-state index in [1.807, 2.05) is 4.90 Å². The number of benzene rings is 1. The van der Waals surface area contributed by atoms with Crippen molar-refractivity contribution in [3.63, 3.8) is 0 Å². The molecule has 1 saturated heterocycles. The maximum Gasteiger partial charge on any atom is 0.257 e. The molecular weight excluding hydrogens is 402 g/mol. The summed E-state index contributed by atoms with van der Waals surface area (Å²) in [4.78, 5) is 14.9. The summed E-state index contributed by atoms with van der Waals surface area (Å²) in [5.74, 6) is -1.29. The minimum Gasteiger partial charge on any atom is -0.474 e. The molecule has 1 aliphatic rings. The number of carbonyl (C=O) groups excluding carboxylic acids is 1. The molecule has 2 N–H and O–H groups in total. The summed E-state index contributed by atoms with van der Waals surface area (Å²) >= 11 is 5.02. The van der Waals surface area contributed by atoms with Crippen molar-refractivity contribution in [2.45, 2.75) is 13.0 Å². The lowest BCUT2D eigenvalue weighted by Crippen LogP contribution is -2.48. The summed E-state index contributed by atoms with van der Waals surface area (Å²) < 4.78 is 34.8. The highest BCUT2D eigenvalue weighted by atomic mass is 32.1. The van der Waals surface area contributed by atoms with Gasteiger partial charge < -0.3 is 15.0 Å². The second kappa shape index (κ2) is 9.23. The number of hydrogen-bond acceptors (Lipinski definition) is 7. The number of ether oxygens (including phenoxy) is 1. The van der Waals surface area contributed by atoms with Crippen LogP contribution >= 0.6 is 12.2 Å². The van der Waals surface area contributed by atoms with Gasteiger partial charge in [0, 0.05) is 32.4 Å². The van der Waals surface area contributed by atoms with E-state index in [0.717, 1.165) is 0 Å². The third-order valence-electron chi connectivity index (χ3n) is 4.69. The molecule has 156 valence electrons. The molecule has 0 spiro atoms. The molecule has 2 aromatic rings. The average molecular weight is 424 g/mol. The van der Waals surface area contributed by atoms with E-state index in [9.17, 15) is 13.6 Å². The number of thiocarbonyl (C=S) groups is 1. The molecule has 8 nitrogen and oxygen atoms in total. The number of methoxy groups -OCH3 is 1. The first kappa shape index (κ1) is 21.1. The molecule has 1 unspecified atom stereocenters. The van der Waals surface area contributed by atoms with Gasteiger partial charge in [0.1, 0.15) is 34.8 Å². The number of Topliss-reactive ketones (excluding diaryl/α,β-unsaturated/α-hetero) is 1. The van der Waals surface area contributed by atoms with Crippen LogP contribution < -0.4 is 10.2 Å². The van der Waals surface area contributed by atoms with E-state index in [-0.39, 0.29) is 16.6 Å². The third-order valence-corrected chi connectivity index (χ3v) is 4.97. The lowest BCUT2D eigenvalue weighted by atomic mass is 10.0. The maximum atomic E-state index is 14.9. The highest BCUT2D eigenvalue weighted by Crippen LogP contribution is 2.30. The Labute approximate surface area is 172 Å². The number of aromatic amines is 1. The lowest BCUT2D eigenvalue weighted by Gasteiger charge is -2.36. The van der Waals surface area contributed by atoms with E-state index >= 15 is 0 Å². The Kier molecular flexibility index (Phi) is 6.70. The molecule has 29 heavy (non-hydrogen) atoms. The predicted octanol–water partition coefficient (Wildman–Crippen LogP) is 1.40. The summed E-state index contributed by atoms with van der Waals surface area (Å²) in [6.45, 7) is 3.86. The van der Waals surface area contributed by atoms with Crippen molar-refractivity contribution in [1.82, 2.24) is 25.6 Å². The van der Waals surface area contributed by atoms with E-state index in [1.54, 1.807) is 4.90 Å². The first-order valence-corrected chi connectivity index (χ1v) is 9.46. The average Bonchev–Trinajstić information content (AvgIpc) is 3.20. The van der Waals surface area contributed by atoms with Gasteiger partial charge in [-0.05, 0) is 36.8 Å². The van der Waals surface area contributed by atoms with Gasteiger partial charge in [-0.15, -0.1) is 5.10 Å². The van der Waals surface area contributed by atoms with Gasteiger partial charge in [0.05, 0.1) is 13.7 Å². The smallest absolute Gasteiger partial charge is 0.257 e. The van der Waals surface area contributed by atoms with Crippen LogP contribution in [0.1, 0.15) is 24.2 Å². The zero-order valence-electron chi connectivity index (χ0n) is 16.1. The molecule has 11 heteroatoms. The molecule has 1 aromatic heterocycles. The first-order chi connectivity index (χ1) is 13.9. The molecule has 1 aromatic carbocycles. The van der Waals surface area contributed by atoms with Crippen molar-refractivity contribution in [2.24, 2.45) is 0 Å². The number of rotatable bonds is 6. The summed E-state index contributed by atoms with van der Waals surface area (Å²) in [5.41, 5.74) is 0.630. The van der Waals surface area contributed by atoms with Crippen molar-refractivity contribution in [3.05, 3.63) is 41.2 Å². The van der Waals surface area contributed by atoms with Crippen molar-refractivity contribution < 1.29 is 18.3 Å². The fourth-order valence-electron chi connectivity index (χ4n) is 3.35. The molecule has 0 aliphatic carbocycles. The Morgan fingerprint density at radius 2 is 1.97 bits per heavy atom. The first-order valence-electron chi connectivity index (χ1n) is 9.05. The van der Waals surface area contributed by atoms with Crippen molar-refractivity contribution in [1.29, 1.82) is 0 Å². The molecule has 0 radical (unpaired) electrons. The number of carbonyl (C=O) groups is 1. The van der Waals surface area contributed by atoms with Crippen molar-refractivity contribution in [2.75, 3.05) is 44.7 Å². The second-order valence-electron chi connectivity index (χ2n) is 6.77. The molecule has 1 atom stereocenters. The molecule has 0 amide bonds. The fourth-order valence-corrected chi connectivity index (χ4v) is 3.47. The normalized spacial score (nSPS) is 15.8. The highest BCUT2D eigenvalue weighted by molar-refractivity contribution is 7.80. The van der Waals surface area contributed by atoms with Gasteiger partial charge >= 0.3 is 0 Å². The zero-order valence-corrected chi connectivity index (χ0v) is 16.9. The van der Waals surface area contributed by atoms with Gasteiger partial charge in [0.2, 0.25) is 0 Å². The van der Waals surface area contributed by atoms with Crippen LogP contribution in [0.2, 0.25) is 0 Å². The van der Waals surface area contributed by atoms with E-state index in [1.165, 1.54) is 32.4 Å². The number of hydrogen-bond donors (Lipinski definition) is 2. The number of ketones is 1. The molecular formula is C18H22F2N6O2S. The Hall–Kier alpha value is -2.66. The van der Waals surface area contributed by atoms with Gasteiger partial charge in [-0.3, -0.25) is 14.8 Å². The standard InChI is InChI=1S/C18H22F2N6O2S/c1-11(27)10-25-3-5-26(6-4-25)17-13(19)7-12(8-14(17)20)16(22-18(29)28-2)15-9-21-24-23-15/h7-9,16H,3-6,10H2,1-2H3,(H,22,29)(H,21,23,24). The fraction of sp³-hybridized carbons (Fsp3) is 0.444. The van der Waals surface area contributed by atoms with Gasteiger partial charge in [-0.1, -0.05) is 5.21 Å². The lowest BCUT2D eigenvalue weighted by molar-refractivity contribution is -0.118. The van der Waals surface area contributed by atoms with Crippen LogP contribution in [0.4, 0.5) is 14.5 Å². The third kappa shape index (κ3) is 5.04. The minimum absolute atomic E-state index is 0.0597. The Morgan fingerprint density at radius 3 is 2.48 bits per heavy atom. The van der Waals surface area contributed by atoms with Crippen LogP contribution in [-0.4, -0.2) is 71.1 Å². The Bertz CT molecular complexity index is 848. The van der Waals surface area contributed by atoms with Crippen LogP contribution in [0.3, 0.4) is 0 Å². The number of aromatic nitrogens is 3. The van der Waals surface area contributed by atoms with E-state index < -0.39 is 17.7 Å². The van der Waals surface area contributed by atoms with E-state index in [0.29, 0.717) is 44.0 Å². The summed E-state index contributed by atoms with van der Waals surface area (Å²) in [7, 11) is 1.39. The Morgan fingerprint density at radius 1 is 1.31 bits per heavy atom. The van der Waals surface area contributed by atoms with Crippen LogP contribution in [0.15, 0.2) is 18.3 Å². The van der Waals surface area contributed by atoms with Crippen LogP contribution in [0.25, 0.3) is 0 Å². The second-order valence-corrected chi connectivity index (χ2v) is 7.14. The molecule has 0 saturated carbocycles. The van der Waals surface area contributed by atoms with Crippen LogP contribution in [0.5, 0.6) is 0 Å². The predicted molar refractivity (Wildman–Crippen MR) is 107 cm³/mol. The number of nitrogens with one attached hydrogen (secondary N) is 2. The van der Waals surface area contributed by atoms with Crippen LogP contribution in [0, 0.1) is 11.6 Å². The van der Waals surface area contributed by atoms with Crippen molar-refractivity contribution >= 4 is 28.9 Å². The number of anilines is 1. The number of nitrogens with zero attached hydrogens (tertiary/aromatic N) is 4. The number of H-pyrrole nitrogens is 1. The van der Waals surface area contributed by atoms with Crippen LogP contribution in [-0.2, 0) is 9.53 Å². The largest absolute Gasteiger partial charge is 0.474 e. The van der Waals surface area contributed by atoms with Gasteiger partial charge in [-0.2, -0.15) is 0 Å². The minimum atomic E-state index is -0.730. The molecule has 2 heterocycles.